The van der Waals surface area contributed by atoms with Gasteiger partial charge in [-0.2, -0.15) is 0 Å². The zero-order valence-corrected chi connectivity index (χ0v) is 28.8. The first-order valence-electron chi connectivity index (χ1n) is 17.4. The van der Waals surface area contributed by atoms with Crippen LogP contribution in [0.25, 0.3) is 0 Å². The predicted molar refractivity (Wildman–Crippen MR) is 172 cm³/mol. The van der Waals surface area contributed by atoms with Crippen molar-refractivity contribution in [1.82, 2.24) is 10.6 Å². The predicted octanol–water partition coefficient (Wildman–Crippen LogP) is 7.65. The Kier molecular flexibility index (Phi) is 8.22. The van der Waals surface area contributed by atoms with Crippen LogP contribution in [-0.4, -0.2) is 41.9 Å². The zero-order chi connectivity index (χ0) is 31.8. The van der Waals surface area contributed by atoms with Gasteiger partial charge in [-0.1, -0.05) is 46.8 Å². The number of nitrogens with one attached hydrogen (secondary N) is 2. The number of hydrogen-bond acceptors (Lipinski definition) is 4. The summed E-state index contributed by atoms with van der Waals surface area (Å²) in [7, 11) is 0. The zero-order valence-electron chi connectivity index (χ0n) is 28.8. The van der Waals surface area contributed by atoms with Crippen molar-refractivity contribution in [3.63, 3.8) is 0 Å². The molecule has 0 bridgehead atoms. The number of fused-ring (bicyclic) bond motifs is 7. The highest BCUT2D eigenvalue weighted by Gasteiger charge is 2.71. The number of amides is 2. The highest BCUT2D eigenvalue weighted by Crippen LogP contribution is 2.77. The molecule has 5 fully saturated rings. The molecule has 6 heteroatoms. The molecule has 2 amide bonds. The van der Waals surface area contributed by atoms with Crippen LogP contribution in [0, 0.1) is 56.7 Å². The van der Waals surface area contributed by atoms with Crippen molar-refractivity contribution < 1.29 is 19.4 Å². The van der Waals surface area contributed by atoms with Crippen molar-refractivity contribution in [3.8, 4) is 0 Å². The maximum Gasteiger partial charge on any atom is 0.407 e. The van der Waals surface area contributed by atoms with Crippen LogP contribution in [0.1, 0.15) is 127 Å². The van der Waals surface area contributed by atoms with Crippen LogP contribution >= 0.6 is 0 Å². The van der Waals surface area contributed by atoms with Gasteiger partial charge in [-0.05, 0) is 143 Å². The maximum absolute atomic E-state index is 14.2. The first-order valence-corrected chi connectivity index (χ1v) is 17.4. The van der Waals surface area contributed by atoms with Crippen molar-refractivity contribution in [1.29, 1.82) is 0 Å². The molecular formula is C37H62N2O4. The number of rotatable bonds is 5. The summed E-state index contributed by atoms with van der Waals surface area (Å²) in [4.78, 5) is 26.4. The molecule has 5 aliphatic carbocycles. The Labute approximate surface area is 261 Å². The van der Waals surface area contributed by atoms with Crippen LogP contribution in [0.5, 0.6) is 0 Å². The van der Waals surface area contributed by atoms with E-state index in [1.165, 1.54) is 31.3 Å². The van der Waals surface area contributed by atoms with Gasteiger partial charge in [-0.15, -0.1) is 0 Å². The third kappa shape index (κ3) is 4.99. The quantitative estimate of drug-likeness (QED) is 0.224. The second kappa shape index (κ2) is 10.8. The minimum atomic E-state index is -0.545. The van der Waals surface area contributed by atoms with Gasteiger partial charge in [0.15, 0.2) is 0 Å². The number of hydrogen-bond donors (Lipinski definition) is 3. The van der Waals surface area contributed by atoms with Crippen LogP contribution in [-0.2, 0) is 9.53 Å². The molecule has 5 aliphatic rings. The molecule has 0 aromatic carbocycles. The number of allylic oxidation sites excluding steroid dienone is 1. The van der Waals surface area contributed by atoms with Crippen molar-refractivity contribution >= 4 is 12.0 Å². The highest BCUT2D eigenvalue weighted by atomic mass is 16.6. The molecule has 0 radical (unpaired) electrons. The molecule has 0 aliphatic heterocycles. The number of aliphatic hydroxyl groups is 1. The lowest BCUT2D eigenvalue weighted by atomic mass is 9.32. The number of carbonyl (C=O) groups excluding carboxylic acids is 2. The fourth-order valence-electron chi connectivity index (χ4n) is 12.4. The summed E-state index contributed by atoms with van der Waals surface area (Å²) in [6.07, 6.45) is 10.2. The lowest BCUT2D eigenvalue weighted by molar-refractivity contribution is -0.246. The van der Waals surface area contributed by atoms with Crippen LogP contribution in [0.2, 0.25) is 0 Å². The summed E-state index contributed by atoms with van der Waals surface area (Å²) in [5.74, 6) is 2.58. The fraction of sp³-hybridized carbons (Fsp3) is 0.892. The minimum Gasteiger partial charge on any atom is -0.444 e. The van der Waals surface area contributed by atoms with E-state index in [9.17, 15) is 14.7 Å². The second-order valence-electron chi connectivity index (χ2n) is 17.9. The van der Waals surface area contributed by atoms with Crippen molar-refractivity contribution in [2.45, 2.75) is 138 Å². The molecular weight excluding hydrogens is 536 g/mol. The molecule has 3 N–H and O–H groups in total. The molecule has 0 unspecified atom stereocenters. The second-order valence-corrected chi connectivity index (χ2v) is 17.9. The Hall–Kier alpha value is -1.56. The molecule has 244 valence electrons. The first kappa shape index (κ1) is 32.8. The molecule has 0 aromatic heterocycles. The average Bonchev–Trinajstić information content (AvgIpc) is 3.30. The molecule has 5 rings (SSSR count). The van der Waals surface area contributed by atoms with Gasteiger partial charge in [0, 0.05) is 13.1 Å². The monoisotopic (exact) mass is 598 g/mol. The number of carbonyl (C=O) groups is 2. The fourth-order valence-corrected chi connectivity index (χ4v) is 12.4. The molecule has 6 nitrogen and oxygen atoms in total. The van der Waals surface area contributed by atoms with Gasteiger partial charge in [0.2, 0.25) is 5.91 Å². The van der Waals surface area contributed by atoms with Gasteiger partial charge in [0.25, 0.3) is 0 Å². The van der Waals surface area contributed by atoms with Gasteiger partial charge >= 0.3 is 6.09 Å². The molecule has 0 spiro atoms. The lowest BCUT2D eigenvalue weighted by Gasteiger charge is -2.72. The van der Waals surface area contributed by atoms with E-state index in [0.717, 1.165) is 38.5 Å². The number of ether oxygens (including phenoxy) is 1. The van der Waals surface area contributed by atoms with Crippen LogP contribution in [0.3, 0.4) is 0 Å². The Morgan fingerprint density at radius 1 is 0.837 bits per heavy atom. The van der Waals surface area contributed by atoms with Crippen LogP contribution in [0.15, 0.2) is 12.2 Å². The van der Waals surface area contributed by atoms with E-state index in [1.54, 1.807) is 0 Å². The van der Waals surface area contributed by atoms with E-state index in [2.05, 4.69) is 58.8 Å². The number of aliphatic hydroxyl groups excluding tert-OH is 1. The molecule has 43 heavy (non-hydrogen) atoms. The molecule has 0 aromatic rings. The van der Waals surface area contributed by atoms with E-state index in [1.807, 2.05) is 20.8 Å². The SMILES string of the molecule is C=C(C)[C@@H]1CC[C@]2(C(=O)NCCNC(=O)OC(C)(C)C)CC[C@]3(C)[C@H](CC[C@@H]4[C@@]5(C)CC[C@H](O)C(C)(C)[C@@H]5CC[C@]43C)[C@@H]12. The van der Waals surface area contributed by atoms with Crippen molar-refractivity contribution in [2.75, 3.05) is 13.1 Å². The Morgan fingerprint density at radius 2 is 1.51 bits per heavy atom. The standard InChI is InChI=1S/C37H62N2O4/c1-23(2)24-13-18-37(30(41)38-21-22-39-31(42)43-32(3,4)5)20-19-35(9)25(29(24)37)11-12-27-34(8)16-15-28(40)33(6,7)26(34)14-17-36(27,35)10/h24-29,40H,1,11-22H2,2-10H3,(H,38,41)(H,39,42)/t24-,25+,26-,27+,28-,29+,34-,35+,36+,37-/m0/s1. The Balaban J connectivity index is 1.38. The van der Waals surface area contributed by atoms with Gasteiger partial charge in [-0.3, -0.25) is 4.79 Å². The maximum atomic E-state index is 14.2. The molecule has 5 saturated carbocycles. The van der Waals surface area contributed by atoms with Gasteiger partial charge in [0.1, 0.15) is 5.60 Å². The van der Waals surface area contributed by atoms with Crippen molar-refractivity contribution in [2.24, 2.45) is 56.7 Å². The average molecular weight is 599 g/mol. The topological polar surface area (TPSA) is 87.7 Å². The van der Waals surface area contributed by atoms with Crippen LogP contribution in [0.4, 0.5) is 4.79 Å². The van der Waals surface area contributed by atoms with Gasteiger partial charge in [-0.25, -0.2) is 4.79 Å². The van der Waals surface area contributed by atoms with E-state index >= 15 is 0 Å². The van der Waals surface area contributed by atoms with E-state index < -0.39 is 11.7 Å². The third-order valence-electron chi connectivity index (χ3n) is 14.6. The summed E-state index contributed by atoms with van der Waals surface area (Å²) < 4.78 is 5.36. The van der Waals surface area contributed by atoms with E-state index in [4.69, 9.17) is 4.74 Å². The normalized spacial score (nSPS) is 45.1. The summed E-state index contributed by atoms with van der Waals surface area (Å²) >= 11 is 0. The smallest absolute Gasteiger partial charge is 0.407 e. The summed E-state index contributed by atoms with van der Waals surface area (Å²) in [6.45, 7) is 25.4. The summed E-state index contributed by atoms with van der Waals surface area (Å²) in [5.41, 5.74) is 0.941. The highest BCUT2D eigenvalue weighted by molar-refractivity contribution is 5.84. The Morgan fingerprint density at radius 3 is 2.16 bits per heavy atom. The van der Waals surface area contributed by atoms with Crippen LogP contribution < -0.4 is 10.6 Å². The minimum absolute atomic E-state index is 0.0409. The molecule has 0 heterocycles. The lowest BCUT2D eigenvalue weighted by Crippen LogP contribution is -2.67. The first-order chi connectivity index (χ1) is 19.8. The largest absolute Gasteiger partial charge is 0.444 e. The van der Waals surface area contributed by atoms with E-state index in [-0.39, 0.29) is 39.1 Å². The Bertz CT molecular complexity index is 1130. The van der Waals surface area contributed by atoms with Crippen molar-refractivity contribution in [3.05, 3.63) is 12.2 Å². The molecule has 0 saturated heterocycles. The molecule has 10 atom stereocenters. The third-order valence-corrected chi connectivity index (χ3v) is 14.6. The number of alkyl carbamates (subject to hydrolysis) is 1. The van der Waals surface area contributed by atoms with Gasteiger partial charge in [0.05, 0.1) is 11.5 Å². The summed E-state index contributed by atoms with van der Waals surface area (Å²) in [5, 5.41) is 17.1. The van der Waals surface area contributed by atoms with Gasteiger partial charge < -0.3 is 20.5 Å². The van der Waals surface area contributed by atoms with E-state index in [0.29, 0.717) is 42.7 Å². The summed E-state index contributed by atoms with van der Waals surface area (Å²) in [6, 6.07) is 0.